The molecule has 9 heteroatoms. The third kappa shape index (κ3) is 4.95. The number of anilines is 1. The van der Waals surface area contributed by atoms with E-state index in [1.807, 2.05) is 30.3 Å². The van der Waals surface area contributed by atoms with Crippen LogP contribution in [0.15, 0.2) is 73.2 Å². The van der Waals surface area contributed by atoms with Crippen molar-refractivity contribution in [3.8, 4) is 33.9 Å². The van der Waals surface area contributed by atoms with E-state index in [9.17, 15) is 9.18 Å². The van der Waals surface area contributed by atoms with E-state index < -0.39 is 0 Å². The number of fused-ring (bicyclic) bond motifs is 2. The molecular weight excluding hydrogens is 517 g/mol. The highest BCUT2D eigenvalue weighted by molar-refractivity contribution is 5.99. The Kier molecular flexibility index (Phi) is 6.47. The molecule has 5 aromatic heterocycles. The van der Waals surface area contributed by atoms with E-state index in [4.69, 9.17) is 4.98 Å². The van der Waals surface area contributed by atoms with E-state index in [0.29, 0.717) is 46.2 Å². The predicted octanol–water partition coefficient (Wildman–Crippen LogP) is 7.28. The van der Waals surface area contributed by atoms with Gasteiger partial charge in [0.2, 0.25) is 5.91 Å². The minimum atomic E-state index is -0.326. The Morgan fingerprint density at radius 3 is 2.73 bits per heavy atom. The second kappa shape index (κ2) is 10.6. The maximum Gasteiger partial charge on any atom is 0.224 e. The fraction of sp³-hybridized carbons (Fsp3) is 0.219. The van der Waals surface area contributed by atoms with Gasteiger partial charge in [-0.3, -0.25) is 19.9 Å². The van der Waals surface area contributed by atoms with Crippen LogP contribution in [0.1, 0.15) is 38.5 Å². The summed E-state index contributed by atoms with van der Waals surface area (Å²) in [7, 11) is 0. The molecule has 0 radical (unpaired) electrons. The van der Waals surface area contributed by atoms with Crippen molar-refractivity contribution in [1.29, 1.82) is 0 Å². The van der Waals surface area contributed by atoms with Crippen molar-refractivity contribution in [3.05, 3.63) is 79.0 Å². The smallest absolute Gasteiger partial charge is 0.224 e. The number of hydrogen-bond donors (Lipinski definition) is 3. The molecule has 1 saturated carbocycles. The van der Waals surface area contributed by atoms with Gasteiger partial charge in [0.05, 0.1) is 34.5 Å². The van der Waals surface area contributed by atoms with Crippen molar-refractivity contribution < 1.29 is 9.18 Å². The van der Waals surface area contributed by atoms with Gasteiger partial charge in [0, 0.05) is 40.8 Å². The van der Waals surface area contributed by atoms with Gasteiger partial charge in [-0.15, -0.1) is 0 Å². The Bertz CT molecular complexity index is 1890. The number of halogens is 1. The van der Waals surface area contributed by atoms with Crippen LogP contribution in [0.3, 0.4) is 0 Å². The monoisotopic (exact) mass is 545 g/mol. The van der Waals surface area contributed by atoms with Gasteiger partial charge in [-0.2, -0.15) is 5.10 Å². The summed E-state index contributed by atoms with van der Waals surface area (Å²) < 4.78 is 14.6. The quantitative estimate of drug-likeness (QED) is 0.204. The molecule has 3 N–H and O–H groups in total. The molecule has 6 aromatic rings. The molecular formula is C32H28FN7O. The van der Waals surface area contributed by atoms with E-state index in [1.165, 1.54) is 25.3 Å². The average molecular weight is 546 g/mol. The van der Waals surface area contributed by atoms with Crippen molar-refractivity contribution in [2.24, 2.45) is 5.92 Å². The standard InChI is InChI=1S/C32H28FN7O/c33-24-9-5-4-8-22(24)30-23-16-28(37-26(23)12-13-35-30)32-31-27(39-40-32)11-10-25(38-31)20-15-21(18-34-17-20)36-29(41)14-19-6-2-1-3-7-19/h4-5,8-13,15-19,37H,1-3,6-7,14H2,(H,36,41)(H,39,40). The lowest BCUT2D eigenvalue weighted by Gasteiger charge is -2.20. The van der Waals surface area contributed by atoms with Gasteiger partial charge in [0.15, 0.2) is 0 Å². The van der Waals surface area contributed by atoms with Gasteiger partial charge < -0.3 is 10.3 Å². The van der Waals surface area contributed by atoms with Gasteiger partial charge in [-0.25, -0.2) is 9.37 Å². The lowest BCUT2D eigenvalue weighted by molar-refractivity contribution is -0.117. The third-order valence-electron chi connectivity index (χ3n) is 7.86. The van der Waals surface area contributed by atoms with Crippen molar-refractivity contribution in [2.45, 2.75) is 38.5 Å². The number of aromatic nitrogens is 6. The van der Waals surface area contributed by atoms with E-state index in [2.05, 4.69) is 30.5 Å². The topological polar surface area (TPSA) is 112 Å². The molecule has 5 heterocycles. The van der Waals surface area contributed by atoms with Gasteiger partial charge >= 0.3 is 0 Å². The van der Waals surface area contributed by atoms with E-state index in [-0.39, 0.29) is 11.7 Å². The molecule has 8 nitrogen and oxygen atoms in total. The molecule has 0 bridgehead atoms. The summed E-state index contributed by atoms with van der Waals surface area (Å²) >= 11 is 0. The lowest BCUT2D eigenvalue weighted by Crippen LogP contribution is -2.18. The second-order valence-electron chi connectivity index (χ2n) is 10.7. The molecule has 0 saturated heterocycles. The highest BCUT2D eigenvalue weighted by Gasteiger charge is 2.19. The Labute approximate surface area is 235 Å². The highest BCUT2D eigenvalue weighted by atomic mass is 19.1. The second-order valence-corrected chi connectivity index (χ2v) is 10.7. The predicted molar refractivity (Wildman–Crippen MR) is 157 cm³/mol. The molecule has 1 amide bonds. The Hall–Kier alpha value is -4.92. The van der Waals surface area contributed by atoms with Crippen LogP contribution >= 0.6 is 0 Å². The third-order valence-corrected chi connectivity index (χ3v) is 7.86. The number of carbonyl (C=O) groups is 1. The minimum absolute atomic E-state index is 0.0273. The first kappa shape index (κ1) is 25.1. The first-order valence-electron chi connectivity index (χ1n) is 14.0. The van der Waals surface area contributed by atoms with Crippen LogP contribution in [0.2, 0.25) is 0 Å². The molecule has 0 spiro atoms. The summed E-state index contributed by atoms with van der Waals surface area (Å²) in [5.41, 5.74) is 6.81. The van der Waals surface area contributed by atoms with Crippen LogP contribution in [0.4, 0.5) is 10.1 Å². The fourth-order valence-corrected chi connectivity index (χ4v) is 5.81. The minimum Gasteiger partial charge on any atom is -0.353 e. The maximum atomic E-state index is 14.6. The largest absolute Gasteiger partial charge is 0.353 e. The highest BCUT2D eigenvalue weighted by Crippen LogP contribution is 2.34. The van der Waals surface area contributed by atoms with Crippen molar-refractivity contribution in [3.63, 3.8) is 0 Å². The Balaban J connectivity index is 1.20. The van der Waals surface area contributed by atoms with Crippen molar-refractivity contribution in [2.75, 3.05) is 5.32 Å². The molecule has 1 aliphatic carbocycles. The summed E-state index contributed by atoms with van der Waals surface area (Å²) in [6, 6.07) is 16.1. The SMILES string of the molecule is O=C(CC1CCCCC1)Nc1cncc(-c2ccc3[nH]nc(-c4cc5c(-c6ccccc6F)nccc5[nH]4)c3n2)c1. The molecule has 41 heavy (non-hydrogen) atoms. The summed E-state index contributed by atoms with van der Waals surface area (Å²) in [4.78, 5) is 29.8. The van der Waals surface area contributed by atoms with E-state index in [1.54, 1.807) is 36.8 Å². The Morgan fingerprint density at radius 2 is 1.85 bits per heavy atom. The van der Waals surface area contributed by atoms with E-state index in [0.717, 1.165) is 40.5 Å². The number of rotatable bonds is 6. The van der Waals surface area contributed by atoms with Crippen LogP contribution in [0, 0.1) is 11.7 Å². The molecule has 1 aliphatic rings. The van der Waals surface area contributed by atoms with Crippen LogP contribution in [0.5, 0.6) is 0 Å². The Morgan fingerprint density at radius 1 is 0.976 bits per heavy atom. The summed E-state index contributed by atoms with van der Waals surface area (Å²) in [6.45, 7) is 0. The molecule has 0 unspecified atom stereocenters. The van der Waals surface area contributed by atoms with Crippen LogP contribution in [-0.4, -0.2) is 36.0 Å². The molecule has 0 aliphatic heterocycles. The normalized spacial score (nSPS) is 14.1. The van der Waals surface area contributed by atoms with Crippen molar-refractivity contribution >= 4 is 33.5 Å². The van der Waals surface area contributed by atoms with E-state index >= 15 is 0 Å². The summed E-state index contributed by atoms with van der Waals surface area (Å²) in [5, 5.41) is 11.4. The van der Waals surface area contributed by atoms with Crippen LogP contribution < -0.4 is 5.32 Å². The zero-order chi connectivity index (χ0) is 27.8. The molecule has 7 rings (SSSR count). The number of aromatic amines is 2. The first-order valence-corrected chi connectivity index (χ1v) is 14.0. The average Bonchev–Trinajstić information content (AvgIpc) is 3.62. The van der Waals surface area contributed by atoms with Crippen LogP contribution in [-0.2, 0) is 4.79 Å². The zero-order valence-electron chi connectivity index (χ0n) is 22.3. The summed E-state index contributed by atoms with van der Waals surface area (Å²) in [5.74, 6) is 0.166. The van der Waals surface area contributed by atoms with Gasteiger partial charge in [-0.1, -0.05) is 31.4 Å². The molecule has 204 valence electrons. The lowest BCUT2D eigenvalue weighted by atomic mass is 9.87. The number of nitrogens with one attached hydrogen (secondary N) is 3. The number of pyridine rings is 3. The molecule has 0 atom stereocenters. The number of nitrogens with zero attached hydrogens (tertiary/aromatic N) is 4. The fourth-order valence-electron chi connectivity index (χ4n) is 5.81. The van der Waals surface area contributed by atoms with Gasteiger partial charge in [-0.05, 0) is 61.2 Å². The number of benzene rings is 1. The molecule has 1 aromatic carbocycles. The first-order chi connectivity index (χ1) is 20.1. The molecule has 1 fully saturated rings. The number of hydrogen-bond acceptors (Lipinski definition) is 5. The van der Waals surface area contributed by atoms with Gasteiger partial charge in [0.25, 0.3) is 0 Å². The number of H-pyrrole nitrogens is 2. The summed E-state index contributed by atoms with van der Waals surface area (Å²) in [6.07, 6.45) is 11.5. The maximum absolute atomic E-state index is 14.6. The number of carbonyl (C=O) groups excluding carboxylic acids is 1. The van der Waals surface area contributed by atoms with Crippen molar-refractivity contribution in [1.82, 2.24) is 30.1 Å². The van der Waals surface area contributed by atoms with Gasteiger partial charge in [0.1, 0.15) is 17.0 Å². The number of amides is 1. The van der Waals surface area contributed by atoms with Crippen LogP contribution in [0.25, 0.3) is 55.8 Å². The zero-order valence-corrected chi connectivity index (χ0v) is 22.3.